The molecule has 0 aliphatic carbocycles. The van der Waals surface area contributed by atoms with Crippen LogP contribution >= 0.6 is 0 Å². The largest absolute Gasteiger partial charge is 0.331 e. The Balaban J connectivity index is 2.41. The first-order valence-corrected chi connectivity index (χ1v) is 4.84. The molecule has 0 fully saturated rings. The minimum absolute atomic E-state index is 0.299. The summed E-state index contributed by atoms with van der Waals surface area (Å²) < 4.78 is 2.55. The van der Waals surface area contributed by atoms with Gasteiger partial charge in [0.25, 0.3) is 5.56 Å². The van der Waals surface area contributed by atoms with Crippen molar-refractivity contribution in [3.63, 3.8) is 0 Å². The lowest BCUT2D eigenvalue weighted by Gasteiger charge is -2.06. The molecule has 0 spiro atoms. The van der Waals surface area contributed by atoms with Crippen LogP contribution in [0.25, 0.3) is 0 Å². The average Bonchev–Trinajstić information content (AvgIpc) is 2.31. The molecule has 0 bridgehead atoms. The van der Waals surface area contributed by atoms with Gasteiger partial charge in [-0.05, 0) is 11.6 Å². The fourth-order valence-electron chi connectivity index (χ4n) is 1.42. The summed E-state index contributed by atoms with van der Waals surface area (Å²) in [6.45, 7) is 0.417. The van der Waals surface area contributed by atoms with Crippen LogP contribution in [0.2, 0.25) is 0 Å². The zero-order valence-electron chi connectivity index (χ0n) is 8.83. The van der Waals surface area contributed by atoms with Gasteiger partial charge in [-0.15, -0.1) is 0 Å². The maximum Gasteiger partial charge on any atom is 0.331 e. The topological polar surface area (TPSA) is 56.9 Å². The second kappa shape index (κ2) is 4.14. The van der Waals surface area contributed by atoms with Gasteiger partial charge in [-0.3, -0.25) is 18.9 Å². The Bertz CT molecular complexity index is 599. The molecule has 0 aromatic carbocycles. The predicted octanol–water partition coefficient (Wildman–Crippen LogP) is -0.00970. The maximum absolute atomic E-state index is 11.7. The summed E-state index contributed by atoms with van der Waals surface area (Å²) in [5.74, 6) is 0. The lowest BCUT2D eigenvalue weighted by atomic mass is 10.3. The van der Waals surface area contributed by atoms with E-state index in [1.54, 1.807) is 12.4 Å². The number of nitrogens with zero attached hydrogens (tertiary/aromatic N) is 3. The smallest absolute Gasteiger partial charge is 0.296 e. The van der Waals surface area contributed by atoms with Crippen molar-refractivity contribution in [3.05, 3.63) is 63.2 Å². The van der Waals surface area contributed by atoms with E-state index in [4.69, 9.17) is 0 Å². The van der Waals surface area contributed by atoms with E-state index in [2.05, 4.69) is 4.98 Å². The van der Waals surface area contributed by atoms with E-state index < -0.39 is 0 Å². The van der Waals surface area contributed by atoms with E-state index in [1.807, 2.05) is 12.1 Å². The highest BCUT2D eigenvalue weighted by molar-refractivity contribution is 5.09. The quantitative estimate of drug-likeness (QED) is 0.711. The molecule has 2 aromatic rings. The number of aromatic nitrogens is 3. The van der Waals surface area contributed by atoms with Crippen LogP contribution in [-0.4, -0.2) is 14.1 Å². The summed E-state index contributed by atoms with van der Waals surface area (Å²) in [6, 6.07) is 5.06. The van der Waals surface area contributed by atoms with E-state index in [1.165, 1.54) is 23.9 Å². The Morgan fingerprint density at radius 2 is 2.12 bits per heavy atom. The van der Waals surface area contributed by atoms with Crippen molar-refractivity contribution in [3.8, 4) is 0 Å². The van der Waals surface area contributed by atoms with Crippen molar-refractivity contribution in [1.82, 2.24) is 14.1 Å². The van der Waals surface area contributed by atoms with Gasteiger partial charge in [-0.2, -0.15) is 0 Å². The molecule has 0 atom stereocenters. The summed E-state index contributed by atoms with van der Waals surface area (Å²) in [4.78, 5) is 26.8. The number of hydrogen-bond acceptors (Lipinski definition) is 3. The molecule has 0 aliphatic rings. The summed E-state index contributed by atoms with van der Waals surface area (Å²) >= 11 is 0. The second-order valence-corrected chi connectivity index (χ2v) is 3.48. The Labute approximate surface area is 91.6 Å². The molecule has 82 valence electrons. The number of pyridine rings is 1. The second-order valence-electron chi connectivity index (χ2n) is 3.48. The van der Waals surface area contributed by atoms with Gasteiger partial charge in [0.05, 0.1) is 6.54 Å². The molecule has 16 heavy (non-hydrogen) atoms. The molecule has 2 heterocycles. The molecule has 0 saturated heterocycles. The van der Waals surface area contributed by atoms with Crippen molar-refractivity contribution in [2.75, 3.05) is 0 Å². The molecule has 0 N–H and O–H groups in total. The zero-order valence-corrected chi connectivity index (χ0v) is 8.83. The van der Waals surface area contributed by atoms with Gasteiger partial charge in [0.15, 0.2) is 0 Å². The summed E-state index contributed by atoms with van der Waals surface area (Å²) in [5.41, 5.74) is 0.298. The highest BCUT2D eigenvalue weighted by atomic mass is 16.2. The van der Waals surface area contributed by atoms with Crippen molar-refractivity contribution < 1.29 is 0 Å². The lowest BCUT2D eigenvalue weighted by molar-refractivity contribution is 0.644. The third-order valence-electron chi connectivity index (χ3n) is 2.34. The van der Waals surface area contributed by atoms with Crippen molar-refractivity contribution in [1.29, 1.82) is 0 Å². The van der Waals surface area contributed by atoms with Crippen molar-refractivity contribution in [2.45, 2.75) is 6.54 Å². The normalized spacial score (nSPS) is 10.3. The minimum Gasteiger partial charge on any atom is -0.296 e. The first-order valence-electron chi connectivity index (χ1n) is 4.84. The molecule has 2 aromatic heterocycles. The van der Waals surface area contributed by atoms with Gasteiger partial charge in [0, 0.05) is 31.7 Å². The highest BCUT2D eigenvalue weighted by Crippen LogP contribution is 1.96. The standard InChI is InChI=1S/C11H11N3O2/c1-13-10(15)4-6-14(11(13)16)8-9-3-2-5-12-7-9/h2-7H,8H2,1H3. The van der Waals surface area contributed by atoms with Crippen LogP contribution in [0.1, 0.15) is 5.56 Å². The van der Waals surface area contributed by atoms with Crippen LogP contribution in [-0.2, 0) is 13.6 Å². The van der Waals surface area contributed by atoms with Crippen LogP contribution in [0.15, 0.2) is 46.4 Å². The highest BCUT2D eigenvalue weighted by Gasteiger charge is 2.01. The Morgan fingerprint density at radius 1 is 1.31 bits per heavy atom. The summed E-state index contributed by atoms with van der Waals surface area (Å²) in [7, 11) is 1.46. The van der Waals surface area contributed by atoms with E-state index in [-0.39, 0.29) is 11.2 Å². The monoisotopic (exact) mass is 217 g/mol. The van der Waals surface area contributed by atoms with Gasteiger partial charge < -0.3 is 0 Å². The van der Waals surface area contributed by atoms with Gasteiger partial charge >= 0.3 is 5.69 Å². The molecule has 0 saturated carbocycles. The molecule has 0 unspecified atom stereocenters. The van der Waals surface area contributed by atoms with E-state index in [9.17, 15) is 9.59 Å². The number of rotatable bonds is 2. The lowest BCUT2D eigenvalue weighted by Crippen LogP contribution is -2.37. The number of hydrogen-bond donors (Lipinski definition) is 0. The fraction of sp³-hybridized carbons (Fsp3) is 0.182. The molecule has 0 aliphatic heterocycles. The molecule has 0 radical (unpaired) electrons. The first kappa shape index (κ1) is 10.4. The van der Waals surface area contributed by atoms with Gasteiger partial charge in [0.1, 0.15) is 0 Å². The Hall–Kier alpha value is -2.17. The third-order valence-corrected chi connectivity index (χ3v) is 2.34. The Morgan fingerprint density at radius 3 is 2.81 bits per heavy atom. The molecule has 5 heteroatoms. The molecular weight excluding hydrogens is 206 g/mol. The first-order chi connectivity index (χ1) is 7.68. The average molecular weight is 217 g/mol. The van der Waals surface area contributed by atoms with Crippen LogP contribution in [0.3, 0.4) is 0 Å². The Kier molecular flexibility index (Phi) is 2.68. The molecule has 0 amide bonds. The molecule has 2 rings (SSSR count). The van der Waals surface area contributed by atoms with E-state index in [0.29, 0.717) is 6.54 Å². The zero-order chi connectivity index (χ0) is 11.5. The fourth-order valence-corrected chi connectivity index (χ4v) is 1.42. The summed E-state index contributed by atoms with van der Waals surface area (Å²) in [6.07, 6.45) is 4.86. The molecular formula is C11H11N3O2. The van der Waals surface area contributed by atoms with Crippen molar-refractivity contribution in [2.24, 2.45) is 7.05 Å². The van der Waals surface area contributed by atoms with E-state index in [0.717, 1.165) is 10.1 Å². The van der Waals surface area contributed by atoms with Gasteiger partial charge in [-0.1, -0.05) is 6.07 Å². The minimum atomic E-state index is -0.323. The van der Waals surface area contributed by atoms with Gasteiger partial charge in [-0.25, -0.2) is 4.79 Å². The third kappa shape index (κ3) is 1.93. The molecule has 5 nitrogen and oxygen atoms in total. The van der Waals surface area contributed by atoms with Crippen LogP contribution in [0, 0.1) is 0 Å². The predicted molar refractivity (Wildman–Crippen MR) is 59.3 cm³/mol. The van der Waals surface area contributed by atoms with Gasteiger partial charge in [0.2, 0.25) is 0 Å². The van der Waals surface area contributed by atoms with Crippen LogP contribution in [0.4, 0.5) is 0 Å². The summed E-state index contributed by atoms with van der Waals surface area (Å²) in [5, 5.41) is 0. The van der Waals surface area contributed by atoms with E-state index >= 15 is 0 Å². The maximum atomic E-state index is 11.7. The SMILES string of the molecule is Cn1c(=O)ccn(Cc2cccnc2)c1=O. The van der Waals surface area contributed by atoms with Crippen molar-refractivity contribution >= 4 is 0 Å². The van der Waals surface area contributed by atoms with Crippen LogP contribution < -0.4 is 11.2 Å². The van der Waals surface area contributed by atoms with Crippen LogP contribution in [0.5, 0.6) is 0 Å².